The quantitative estimate of drug-likeness (QED) is 0.760. The zero-order valence-corrected chi connectivity index (χ0v) is 17.6. The standard InChI is InChI=1S/C22H25F3N2O4/c1-13-18(14(2)28)21(22(23,24)25,20(30)27(13)15-9-5-4-6-10-15)26-19(29)16-11-7-8-12-17(16)31-3/h7-8,11-12,15H,4-6,9-10H2,1-3H3,(H,26,29)/t21-/m0/s1. The number of amides is 2. The normalized spacial score (nSPS) is 22.6. The van der Waals surface area contributed by atoms with Crippen LogP contribution >= 0.6 is 0 Å². The first kappa shape index (κ1) is 22.8. The second kappa shape index (κ2) is 8.36. The lowest BCUT2D eigenvalue weighted by Gasteiger charge is -2.36. The summed E-state index contributed by atoms with van der Waals surface area (Å²) in [5.41, 5.74) is -4.41. The van der Waals surface area contributed by atoms with Gasteiger partial charge in [-0.1, -0.05) is 31.4 Å². The minimum atomic E-state index is -5.23. The molecule has 9 heteroatoms. The van der Waals surface area contributed by atoms with Crippen molar-refractivity contribution in [2.45, 2.75) is 63.7 Å². The fourth-order valence-corrected chi connectivity index (χ4v) is 4.65. The lowest BCUT2D eigenvalue weighted by atomic mass is 9.86. The maximum absolute atomic E-state index is 14.6. The number of hydrogen-bond acceptors (Lipinski definition) is 4. The van der Waals surface area contributed by atoms with E-state index in [1.807, 2.05) is 5.32 Å². The van der Waals surface area contributed by atoms with E-state index in [2.05, 4.69) is 0 Å². The number of nitrogens with one attached hydrogen (secondary N) is 1. The van der Waals surface area contributed by atoms with Crippen molar-refractivity contribution in [1.29, 1.82) is 0 Å². The molecule has 0 aromatic heterocycles. The van der Waals surface area contributed by atoms with Gasteiger partial charge in [-0.25, -0.2) is 0 Å². The number of carbonyl (C=O) groups excluding carboxylic acids is 3. The molecule has 0 unspecified atom stereocenters. The first-order chi connectivity index (χ1) is 14.6. The highest BCUT2D eigenvalue weighted by Gasteiger charge is 2.70. The minimum absolute atomic E-state index is 0.0528. The molecule has 6 nitrogen and oxygen atoms in total. The largest absolute Gasteiger partial charge is 0.496 e. The van der Waals surface area contributed by atoms with Crippen molar-refractivity contribution < 1.29 is 32.3 Å². The molecule has 2 aliphatic rings. The van der Waals surface area contributed by atoms with E-state index in [1.165, 1.54) is 32.2 Å². The van der Waals surface area contributed by atoms with Crippen molar-refractivity contribution >= 4 is 17.6 Å². The Kier molecular flexibility index (Phi) is 6.16. The van der Waals surface area contributed by atoms with E-state index < -0.39 is 40.9 Å². The zero-order valence-electron chi connectivity index (χ0n) is 17.6. The van der Waals surface area contributed by atoms with Gasteiger partial charge in [0.2, 0.25) is 5.54 Å². The van der Waals surface area contributed by atoms with Crippen molar-refractivity contribution in [2.24, 2.45) is 0 Å². The summed E-state index contributed by atoms with van der Waals surface area (Å²) >= 11 is 0. The third kappa shape index (κ3) is 3.70. The second-order valence-electron chi connectivity index (χ2n) is 7.89. The molecule has 1 saturated carbocycles. The van der Waals surface area contributed by atoms with Crippen LogP contribution in [0, 0.1) is 0 Å². The van der Waals surface area contributed by atoms with Crippen LogP contribution in [0.3, 0.4) is 0 Å². The number of Topliss-reactive ketones (excluding diaryl/α,β-unsaturated/α-hetero) is 1. The lowest BCUT2D eigenvalue weighted by Crippen LogP contribution is -2.66. The van der Waals surface area contributed by atoms with Crippen LogP contribution in [-0.2, 0) is 9.59 Å². The van der Waals surface area contributed by atoms with Crippen LogP contribution < -0.4 is 10.1 Å². The summed E-state index contributed by atoms with van der Waals surface area (Å²) in [5, 5.41) is 1.89. The monoisotopic (exact) mass is 438 g/mol. The van der Waals surface area contributed by atoms with Crippen molar-refractivity contribution in [3.05, 3.63) is 41.1 Å². The van der Waals surface area contributed by atoms with Gasteiger partial charge in [-0.15, -0.1) is 0 Å². The summed E-state index contributed by atoms with van der Waals surface area (Å²) in [6.45, 7) is 2.32. The number of rotatable bonds is 5. The smallest absolute Gasteiger partial charge is 0.425 e. The fraction of sp³-hybridized carbons (Fsp3) is 0.500. The Balaban J connectivity index is 2.14. The number of carbonyl (C=O) groups is 3. The topological polar surface area (TPSA) is 75.7 Å². The van der Waals surface area contributed by atoms with Gasteiger partial charge in [0.15, 0.2) is 5.78 Å². The maximum atomic E-state index is 14.6. The number of hydrogen-bond donors (Lipinski definition) is 1. The Morgan fingerprint density at radius 1 is 1.16 bits per heavy atom. The molecule has 1 aliphatic carbocycles. The number of nitrogens with zero attached hydrogens (tertiary/aromatic N) is 1. The van der Waals surface area contributed by atoms with Gasteiger partial charge in [0.1, 0.15) is 5.75 Å². The summed E-state index contributed by atoms with van der Waals surface area (Å²) in [6, 6.07) is 5.30. The molecule has 1 aromatic carbocycles. The first-order valence-corrected chi connectivity index (χ1v) is 10.1. The van der Waals surface area contributed by atoms with Crippen LogP contribution in [0.25, 0.3) is 0 Å². The molecule has 2 amide bonds. The number of ether oxygens (including phenoxy) is 1. The van der Waals surface area contributed by atoms with E-state index in [9.17, 15) is 27.6 Å². The molecule has 31 heavy (non-hydrogen) atoms. The van der Waals surface area contributed by atoms with Crippen molar-refractivity contribution in [3.63, 3.8) is 0 Å². The Morgan fingerprint density at radius 3 is 2.32 bits per heavy atom. The van der Waals surface area contributed by atoms with Gasteiger partial charge in [0.25, 0.3) is 11.8 Å². The van der Waals surface area contributed by atoms with E-state index in [4.69, 9.17) is 4.74 Å². The fourth-order valence-electron chi connectivity index (χ4n) is 4.65. The van der Waals surface area contributed by atoms with Gasteiger partial charge < -0.3 is 15.0 Å². The molecule has 1 aromatic rings. The predicted molar refractivity (Wildman–Crippen MR) is 106 cm³/mol. The van der Waals surface area contributed by atoms with Gasteiger partial charge >= 0.3 is 6.18 Å². The van der Waals surface area contributed by atoms with Crippen LogP contribution in [0.4, 0.5) is 13.2 Å². The molecule has 1 fully saturated rings. The van der Waals surface area contributed by atoms with Gasteiger partial charge in [-0.3, -0.25) is 14.4 Å². The summed E-state index contributed by atoms with van der Waals surface area (Å²) < 4.78 is 48.8. The number of benzene rings is 1. The minimum Gasteiger partial charge on any atom is -0.496 e. The molecule has 0 spiro atoms. The van der Waals surface area contributed by atoms with Gasteiger partial charge in [0.05, 0.1) is 18.2 Å². The summed E-state index contributed by atoms with van der Waals surface area (Å²) in [7, 11) is 1.28. The zero-order chi connectivity index (χ0) is 23.0. The molecule has 1 N–H and O–H groups in total. The maximum Gasteiger partial charge on any atom is 0.425 e. The summed E-state index contributed by atoms with van der Waals surface area (Å²) in [4.78, 5) is 39.8. The molecular formula is C22H25F3N2O4. The highest BCUT2D eigenvalue weighted by atomic mass is 19.4. The Morgan fingerprint density at radius 2 is 1.77 bits per heavy atom. The van der Waals surface area contributed by atoms with Gasteiger partial charge in [0, 0.05) is 11.7 Å². The van der Waals surface area contributed by atoms with E-state index in [1.54, 1.807) is 6.07 Å². The molecular weight excluding hydrogens is 413 g/mol. The lowest BCUT2D eigenvalue weighted by molar-refractivity contribution is -0.191. The molecule has 0 bridgehead atoms. The highest BCUT2D eigenvalue weighted by Crippen LogP contribution is 2.47. The molecule has 3 rings (SSSR count). The Bertz CT molecular complexity index is 935. The van der Waals surface area contributed by atoms with Crippen molar-refractivity contribution in [3.8, 4) is 5.75 Å². The number of para-hydroxylation sites is 1. The SMILES string of the molecule is COc1ccccc1C(=O)N[C@]1(C(F)(F)F)C(=O)N(C2CCCCC2)C(C)=C1C(C)=O. The molecule has 1 atom stereocenters. The second-order valence-corrected chi connectivity index (χ2v) is 7.89. The van der Waals surface area contributed by atoms with Crippen molar-refractivity contribution in [1.82, 2.24) is 10.2 Å². The molecule has 0 radical (unpaired) electrons. The molecule has 1 heterocycles. The number of methoxy groups -OCH3 is 1. The average molecular weight is 438 g/mol. The van der Waals surface area contributed by atoms with Crippen LogP contribution in [0.2, 0.25) is 0 Å². The number of halogens is 3. The van der Waals surface area contributed by atoms with Gasteiger partial charge in [-0.05, 0) is 38.8 Å². The number of allylic oxidation sites excluding steroid dienone is 1. The van der Waals surface area contributed by atoms with E-state index >= 15 is 0 Å². The first-order valence-electron chi connectivity index (χ1n) is 10.1. The predicted octanol–water partition coefficient (Wildman–Crippen LogP) is 3.76. The summed E-state index contributed by atoms with van der Waals surface area (Å²) in [5.74, 6) is -3.35. The molecule has 168 valence electrons. The third-order valence-electron chi connectivity index (χ3n) is 6.01. The van der Waals surface area contributed by atoms with Crippen LogP contribution in [-0.4, -0.2) is 47.4 Å². The molecule has 1 aliphatic heterocycles. The third-order valence-corrected chi connectivity index (χ3v) is 6.01. The van der Waals surface area contributed by atoms with Crippen LogP contribution in [0.5, 0.6) is 5.75 Å². The highest BCUT2D eigenvalue weighted by molar-refractivity contribution is 6.13. The van der Waals surface area contributed by atoms with Crippen molar-refractivity contribution in [2.75, 3.05) is 7.11 Å². The Labute approximate surface area is 178 Å². The summed E-state index contributed by atoms with van der Waals surface area (Å²) in [6.07, 6.45) is -1.64. The average Bonchev–Trinajstić information content (AvgIpc) is 2.95. The molecule has 0 saturated heterocycles. The number of ketones is 1. The van der Waals surface area contributed by atoms with Crippen LogP contribution in [0.1, 0.15) is 56.3 Å². The number of alkyl halides is 3. The van der Waals surface area contributed by atoms with Gasteiger partial charge in [-0.2, -0.15) is 13.2 Å². The Hall–Kier alpha value is -2.84. The van der Waals surface area contributed by atoms with E-state index in [0.717, 1.165) is 31.1 Å². The van der Waals surface area contributed by atoms with Crippen LogP contribution in [0.15, 0.2) is 35.5 Å². The van der Waals surface area contributed by atoms with E-state index in [0.29, 0.717) is 12.8 Å². The van der Waals surface area contributed by atoms with E-state index in [-0.39, 0.29) is 17.0 Å².